The summed E-state index contributed by atoms with van der Waals surface area (Å²) in [6.45, 7) is 6.46. The van der Waals surface area contributed by atoms with Crippen LogP contribution in [0.2, 0.25) is 0 Å². The zero-order valence-electron chi connectivity index (χ0n) is 13.0. The SMILES string of the molecule is CCC(C)Nc1nc(C)cc(Nc2ccc3c(c2)OCO3)n1. The van der Waals surface area contributed by atoms with Crippen molar-refractivity contribution in [3.63, 3.8) is 0 Å². The van der Waals surface area contributed by atoms with E-state index in [1.54, 1.807) is 0 Å². The molecule has 1 unspecified atom stereocenters. The van der Waals surface area contributed by atoms with Crippen LogP contribution in [0.3, 0.4) is 0 Å². The van der Waals surface area contributed by atoms with Gasteiger partial charge in [0.25, 0.3) is 0 Å². The van der Waals surface area contributed by atoms with Gasteiger partial charge in [-0.15, -0.1) is 0 Å². The zero-order valence-corrected chi connectivity index (χ0v) is 13.0. The van der Waals surface area contributed by atoms with Crippen LogP contribution >= 0.6 is 0 Å². The monoisotopic (exact) mass is 300 g/mol. The lowest BCUT2D eigenvalue weighted by atomic mass is 10.2. The number of aromatic nitrogens is 2. The number of nitrogens with zero attached hydrogens (tertiary/aromatic N) is 2. The first-order valence-corrected chi connectivity index (χ1v) is 7.43. The molecule has 0 amide bonds. The molecule has 1 aromatic heterocycles. The summed E-state index contributed by atoms with van der Waals surface area (Å²) in [7, 11) is 0. The Morgan fingerprint density at radius 1 is 1.18 bits per heavy atom. The number of hydrogen-bond donors (Lipinski definition) is 2. The van der Waals surface area contributed by atoms with Gasteiger partial charge in [-0.05, 0) is 32.4 Å². The second-order valence-electron chi connectivity index (χ2n) is 5.36. The van der Waals surface area contributed by atoms with Crippen LogP contribution < -0.4 is 20.1 Å². The smallest absolute Gasteiger partial charge is 0.231 e. The highest BCUT2D eigenvalue weighted by molar-refractivity contribution is 5.62. The number of benzene rings is 1. The van der Waals surface area contributed by atoms with Crippen molar-refractivity contribution in [2.45, 2.75) is 33.2 Å². The maximum absolute atomic E-state index is 5.38. The number of anilines is 3. The highest BCUT2D eigenvalue weighted by Crippen LogP contribution is 2.35. The Labute approximate surface area is 129 Å². The second-order valence-corrected chi connectivity index (χ2v) is 5.36. The van der Waals surface area contributed by atoms with E-state index >= 15 is 0 Å². The molecule has 116 valence electrons. The molecule has 22 heavy (non-hydrogen) atoms. The van der Waals surface area contributed by atoms with Crippen LogP contribution in [0.4, 0.5) is 17.5 Å². The van der Waals surface area contributed by atoms with Crippen LogP contribution in [0.1, 0.15) is 26.0 Å². The molecule has 6 nitrogen and oxygen atoms in total. The molecule has 0 spiro atoms. The predicted octanol–water partition coefficient (Wildman–Crippen LogP) is 3.47. The van der Waals surface area contributed by atoms with E-state index in [0.29, 0.717) is 12.0 Å². The van der Waals surface area contributed by atoms with Crippen LogP contribution in [0.15, 0.2) is 24.3 Å². The van der Waals surface area contributed by atoms with Gasteiger partial charge < -0.3 is 20.1 Å². The van der Waals surface area contributed by atoms with Crippen molar-refractivity contribution in [3.05, 3.63) is 30.0 Å². The first kappa shape index (κ1) is 14.4. The van der Waals surface area contributed by atoms with E-state index in [4.69, 9.17) is 9.47 Å². The maximum atomic E-state index is 5.38. The number of hydrogen-bond acceptors (Lipinski definition) is 6. The van der Waals surface area contributed by atoms with Crippen molar-refractivity contribution in [3.8, 4) is 11.5 Å². The largest absolute Gasteiger partial charge is 0.454 e. The van der Waals surface area contributed by atoms with Crippen LogP contribution in [-0.4, -0.2) is 22.8 Å². The van der Waals surface area contributed by atoms with Gasteiger partial charge in [0, 0.05) is 29.6 Å². The fourth-order valence-corrected chi connectivity index (χ4v) is 2.14. The molecule has 6 heteroatoms. The number of nitrogens with one attached hydrogen (secondary N) is 2. The highest BCUT2D eigenvalue weighted by Gasteiger charge is 2.13. The standard InChI is InChI=1S/C16H20N4O2/c1-4-10(2)17-16-18-11(3)7-15(20-16)19-12-5-6-13-14(8-12)22-9-21-13/h5-8,10H,4,9H2,1-3H3,(H2,17,18,19,20). The minimum Gasteiger partial charge on any atom is -0.454 e. The Balaban J connectivity index is 1.79. The Morgan fingerprint density at radius 3 is 2.82 bits per heavy atom. The summed E-state index contributed by atoms with van der Waals surface area (Å²) in [6, 6.07) is 7.97. The molecule has 0 fully saturated rings. The maximum Gasteiger partial charge on any atom is 0.231 e. The van der Waals surface area contributed by atoms with E-state index in [-0.39, 0.29) is 6.79 Å². The van der Waals surface area contributed by atoms with E-state index in [2.05, 4.69) is 34.4 Å². The quantitative estimate of drug-likeness (QED) is 0.881. The normalized spacial score (nSPS) is 13.8. The summed E-state index contributed by atoms with van der Waals surface area (Å²) >= 11 is 0. The first-order valence-electron chi connectivity index (χ1n) is 7.43. The molecule has 1 atom stereocenters. The summed E-state index contributed by atoms with van der Waals surface area (Å²) in [5.74, 6) is 2.90. The molecule has 1 aliphatic heterocycles. The fourth-order valence-electron chi connectivity index (χ4n) is 2.14. The number of fused-ring (bicyclic) bond motifs is 1. The van der Waals surface area contributed by atoms with Gasteiger partial charge in [0.15, 0.2) is 11.5 Å². The van der Waals surface area contributed by atoms with E-state index in [9.17, 15) is 0 Å². The van der Waals surface area contributed by atoms with Gasteiger partial charge in [-0.1, -0.05) is 6.92 Å². The number of rotatable bonds is 5. The van der Waals surface area contributed by atoms with Crippen LogP contribution in [0.5, 0.6) is 11.5 Å². The number of aryl methyl sites for hydroxylation is 1. The van der Waals surface area contributed by atoms with Gasteiger partial charge in [-0.3, -0.25) is 0 Å². The molecule has 0 radical (unpaired) electrons. The molecular formula is C16H20N4O2. The van der Waals surface area contributed by atoms with Crippen molar-refractivity contribution in [2.24, 2.45) is 0 Å². The average molecular weight is 300 g/mol. The molecule has 1 aliphatic rings. The first-order chi connectivity index (χ1) is 10.6. The molecule has 0 bridgehead atoms. The Kier molecular flexibility index (Phi) is 4.00. The van der Waals surface area contributed by atoms with Crippen molar-refractivity contribution < 1.29 is 9.47 Å². The van der Waals surface area contributed by atoms with Gasteiger partial charge in [0.05, 0.1) is 0 Å². The average Bonchev–Trinajstić information content (AvgIpc) is 2.94. The Morgan fingerprint density at radius 2 is 2.00 bits per heavy atom. The number of ether oxygens (including phenoxy) is 2. The minimum atomic E-state index is 0.272. The molecule has 3 rings (SSSR count). The molecule has 0 saturated carbocycles. The third-order valence-electron chi connectivity index (χ3n) is 3.49. The summed E-state index contributed by atoms with van der Waals surface area (Å²) in [6.07, 6.45) is 1.02. The second kappa shape index (κ2) is 6.09. The summed E-state index contributed by atoms with van der Waals surface area (Å²) in [4.78, 5) is 8.92. The molecule has 2 heterocycles. The minimum absolute atomic E-state index is 0.272. The van der Waals surface area contributed by atoms with Crippen LogP contribution in [0.25, 0.3) is 0 Å². The lowest BCUT2D eigenvalue weighted by molar-refractivity contribution is 0.174. The van der Waals surface area contributed by atoms with E-state index in [1.165, 1.54) is 0 Å². The van der Waals surface area contributed by atoms with Crippen LogP contribution in [0, 0.1) is 6.92 Å². The summed E-state index contributed by atoms with van der Waals surface area (Å²) in [5, 5.41) is 6.57. The van der Waals surface area contributed by atoms with E-state index in [0.717, 1.165) is 35.1 Å². The highest BCUT2D eigenvalue weighted by atomic mass is 16.7. The third kappa shape index (κ3) is 3.21. The Bertz CT molecular complexity index is 675. The molecule has 2 N–H and O–H groups in total. The summed E-state index contributed by atoms with van der Waals surface area (Å²) in [5.41, 5.74) is 1.81. The van der Waals surface area contributed by atoms with Gasteiger partial charge >= 0.3 is 0 Å². The van der Waals surface area contributed by atoms with Crippen molar-refractivity contribution >= 4 is 17.5 Å². The zero-order chi connectivity index (χ0) is 15.5. The topological polar surface area (TPSA) is 68.3 Å². The predicted molar refractivity (Wildman–Crippen MR) is 86.0 cm³/mol. The molecule has 0 saturated heterocycles. The lowest BCUT2D eigenvalue weighted by Crippen LogP contribution is -2.16. The molecule has 2 aromatic rings. The van der Waals surface area contributed by atoms with Crippen molar-refractivity contribution in [1.82, 2.24) is 9.97 Å². The fraction of sp³-hybridized carbons (Fsp3) is 0.375. The van der Waals surface area contributed by atoms with Gasteiger partial charge in [0.1, 0.15) is 5.82 Å². The Hall–Kier alpha value is -2.50. The van der Waals surface area contributed by atoms with Crippen LogP contribution in [-0.2, 0) is 0 Å². The third-order valence-corrected chi connectivity index (χ3v) is 3.49. The lowest BCUT2D eigenvalue weighted by Gasteiger charge is -2.13. The van der Waals surface area contributed by atoms with Gasteiger partial charge in [-0.2, -0.15) is 4.98 Å². The van der Waals surface area contributed by atoms with E-state index < -0.39 is 0 Å². The van der Waals surface area contributed by atoms with Crippen molar-refractivity contribution in [1.29, 1.82) is 0 Å². The molecule has 1 aromatic carbocycles. The van der Waals surface area contributed by atoms with Gasteiger partial charge in [0.2, 0.25) is 12.7 Å². The molecular weight excluding hydrogens is 280 g/mol. The summed E-state index contributed by atoms with van der Waals surface area (Å²) < 4.78 is 10.7. The van der Waals surface area contributed by atoms with E-state index in [1.807, 2.05) is 31.2 Å². The molecule has 0 aliphatic carbocycles. The van der Waals surface area contributed by atoms with Gasteiger partial charge in [-0.25, -0.2) is 4.98 Å². The van der Waals surface area contributed by atoms with Crippen molar-refractivity contribution in [2.75, 3.05) is 17.4 Å².